The molecule has 0 aromatic carbocycles. The number of ether oxygens (including phenoxy) is 4. The fraction of sp³-hybridized carbons (Fsp3) is 0.875. The van der Waals surface area contributed by atoms with Crippen LogP contribution in [-0.2, 0) is 28.5 Å². The largest absolute Gasteiger partial charge is 0.382 e. The maximum absolute atomic E-state index is 11.6. The molecule has 8 nitrogen and oxygen atoms in total. The molecular weight excluding hydrogens is 316 g/mol. The van der Waals surface area contributed by atoms with Gasteiger partial charge in [0.1, 0.15) is 12.9 Å². The zero-order chi connectivity index (χ0) is 17.9. The Morgan fingerprint density at radius 1 is 0.958 bits per heavy atom. The SMILES string of the molecule is COCCOCCNCCCC[C@@H](C=O)NC(=O)COCCOC. The van der Waals surface area contributed by atoms with Gasteiger partial charge in [-0.3, -0.25) is 4.79 Å². The Bertz CT molecular complexity index is 304. The molecule has 0 saturated heterocycles. The fourth-order valence-corrected chi connectivity index (χ4v) is 1.86. The third-order valence-corrected chi connectivity index (χ3v) is 3.15. The summed E-state index contributed by atoms with van der Waals surface area (Å²) in [5.41, 5.74) is 0. The van der Waals surface area contributed by atoms with Gasteiger partial charge in [0.25, 0.3) is 0 Å². The molecule has 0 spiro atoms. The van der Waals surface area contributed by atoms with E-state index in [1.54, 1.807) is 14.2 Å². The minimum Gasteiger partial charge on any atom is -0.382 e. The van der Waals surface area contributed by atoms with Gasteiger partial charge in [-0.1, -0.05) is 0 Å². The van der Waals surface area contributed by atoms with Crippen molar-refractivity contribution in [1.82, 2.24) is 10.6 Å². The molecule has 1 atom stereocenters. The van der Waals surface area contributed by atoms with Gasteiger partial charge in [0.2, 0.25) is 5.91 Å². The summed E-state index contributed by atoms with van der Waals surface area (Å²) in [6.45, 7) is 4.25. The first-order chi connectivity index (χ1) is 11.7. The van der Waals surface area contributed by atoms with Crippen LogP contribution in [0.15, 0.2) is 0 Å². The van der Waals surface area contributed by atoms with E-state index in [0.29, 0.717) is 39.5 Å². The van der Waals surface area contributed by atoms with Crippen LogP contribution < -0.4 is 10.6 Å². The number of hydrogen-bond donors (Lipinski definition) is 2. The molecule has 0 rings (SSSR count). The van der Waals surface area contributed by atoms with Crippen LogP contribution >= 0.6 is 0 Å². The number of amides is 1. The molecule has 1 amide bonds. The highest BCUT2D eigenvalue weighted by atomic mass is 16.5. The van der Waals surface area contributed by atoms with E-state index >= 15 is 0 Å². The van der Waals surface area contributed by atoms with Crippen LogP contribution in [0.1, 0.15) is 19.3 Å². The van der Waals surface area contributed by atoms with Gasteiger partial charge >= 0.3 is 0 Å². The van der Waals surface area contributed by atoms with Crippen LogP contribution in [-0.4, -0.2) is 85.2 Å². The van der Waals surface area contributed by atoms with Crippen LogP contribution in [0.25, 0.3) is 0 Å². The first kappa shape index (κ1) is 22.9. The van der Waals surface area contributed by atoms with Gasteiger partial charge < -0.3 is 34.4 Å². The molecule has 8 heteroatoms. The Balaban J connectivity index is 3.48. The number of unbranched alkanes of at least 4 members (excludes halogenated alkanes) is 1. The van der Waals surface area contributed by atoms with E-state index in [-0.39, 0.29) is 12.5 Å². The highest BCUT2D eigenvalue weighted by Gasteiger charge is 2.10. The van der Waals surface area contributed by atoms with Gasteiger partial charge in [-0.25, -0.2) is 0 Å². The van der Waals surface area contributed by atoms with E-state index in [1.165, 1.54) is 0 Å². The molecule has 0 fully saturated rings. The van der Waals surface area contributed by atoms with E-state index in [4.69, 9.17) is 18.9 Å². The van der Waals surface area contributed by atoms with Gasteiger partial charge in [-0.2, -0.15) is 0 Å². The van der Waals surface area contributed by atoms with Crippen molar-refractivity contribution in [3.05, 3.63) is 0 Å². The van der Waals surface area contributed by atoms with Gasteiger partial charge in [0.15, 0.2) is 0 Å². The smallest absolute Gasteiger partial charge is 0.246 e. The molecule has 0 unspecified atom stereocenters. The van der Waals surface area contributed by atoms with Crippen molar-refractivity contribution >= 4 is 12.2 Å². The number of aldehydes is 1. The molecule has 2 N–H and O–H groups in total. The summed E-state index contributed by atoms with van der Waals surface area (Å²) in [5, 5.41) is 5.91. The standard InChI is InChI=1S/C16H32N2O6/c1-21-9-11-23-8-7-17-6-4-3-5-15(13-19)18-16(20)14-24-12-10-22-2/h13,15,17H,3-12,14H2,1-2H3,(H,18,20)/t15-/m0/s1. The lowest BCUT2D eigenvalue weighted by Crippen LogP contribution is -2.38. The molecule has 0 aromatic rings. The van der Waals surface area contributed by atoms with Crippen molar-refractivity contribution in [3.63, 3.8) is 0 Å². The molecule has 0 bridgehead atoms. The van der Waals surface area contributed by atoms with Crippen LogP contribution in [0.5, 0.6) is 0 Å². The second-order valence-corrected chi connectivity index (χ2v) is 5.21. The number of nitrogens with one attached hydrogen (secondary N) is 2. The van der Waals surface area contributed by atoms with E-state index in [1.807, 2.05) is 0 Å². The first-order valence-electron chi connectivity index (χ1n) is 8.33. The average Bonchev–Trinajstić information content (AvgIpc) is 2.59. The Hall–Kier alpha value is -1.06. The Morgan fingerprint density at radius 3 is 2.33 bits per heavy atom. The average molecular weight is 348 g/mol. The molecule has 0 radical (unpaired) electrons. The second-order valence-electron chi connectivity index (χ2n) is 5.21. The van der Waals surface area contributed by atoms with E-state index in [2.05, 4.69) is 10.6 Å². The lowest BCUT2D eigenvalue weighted by atomic mass is 10.1. The summed E-state index contributed by atoms with van der Waals surface area (Å²) in [7, 11) is 3.21. The van der Waals surface area contributed by atoms with E-state index in [9.17, 15) is 9.59 Å². The highest BCUT2D eigenvalue weighted by Crippen LogP contribution is 1.98. The van der Waals surface area contributed by atoms with Crippen LogP contribution in [0.2, 0.25) is 0 Å². The molecule has 24 heavy (non-hydrogen) atoms. The summed E-state index contributed by atoms with van der Waals surface area (Å²) in [5.74, 6) is -0.283. The molecule has 0 aliphatic carbocycles. The predicted molar refractivity (Wildman–Crippen MR) is 90.1 cm³/mol. The van der Waals surface area contributed by atoms with Gasteiger partial charge in [-0.05, 0) is 25.8 Å². The Morgan fingerprint density at radius 2 is 1.67 bits per heavy atom. The van der Waals surface area contributed by atoms with Crippen molar-refractivity contribution in [3.8, 4) is 0 Å². The maximum Gasteiger partial charge on any atom is 0.246 e. The Kier molecular flexibility index (Phi) is 17.5. The summed E-state index contributed by atoms with van der Waals surface area (Å²) < 4.78 is 20.1. The third kappa shape index (κ3) is 15.8. The van der Waals surface area contributed by atoms with Crippen LogP contribution in [0.3, 0.4) is 0 Å². The summed E-state index contributed by atoms with van der Waals surface area (Å²) in [4.78, 5) is 22.6. The number of carbonyl (C=O) groups is 2. The molecule has 142 valence electrons. The highest BCUT2D eigenvalue weighted by molar-refractivity contribution is 5.80. The van der Waals surface area contributed by atoms with Gasteiger partial charge in [0.05, 0.1) is 39.1 Å². The van der Waals surface area contributed by atoms with Crippen molar-refractivity contribution in [2.45, 2.75) is 25.3 Å². The minimum atomic E-state index is -0.457. The third-order valence-electron chi connectivity index (χ3n) is 3.15. The summed E-state index contributed by atoms with van der Waals surface area (Å²) >= 11 is 0. The molecule has 0 aromatic heterocycles. The lowest BCUT2D eigenvalue weighted by molar-refractivity contribution is -0.128. The fourth-order valence-electron chi connectivity index (χ4n) is 1.86. The van der Waals surface area contributed by atoms with Crippen LogP contribution in [0.4, 0.5) is 0 Å². The van der Waals surface area contributed by atoms with Crippen molar-refractivity contribution < 1.29 is 28.5 Å². The van der Waals surface area contributed by atoms with E-state index in [0.717, 1.165) is 32.2 Å². The normalized spacial score (nSPS) is 12.1. The maximum atomic E-state index is 11.6. The molecule has 0 saturated carbocycles. The summed E-state index contributed by atoms with van der Waals surface area (Å²) in [6.07, 6.45) is 3.18. The first-order valence-corrected chi connectivity index (χ1v) is 8.33. The molecule has 0 aliphatic heterocycles. The number of carbonyl (C=O) groups excluding carboxylic acids is 2. The zero-order valence-electron chi connectivity index (χ0n) is 14.9. The predicted octanol–water partition coefficient (Wildman–Crippen LogP) is -0.244. The second kappa shape index (κ2) is 18.3. The monoisotopic (exact) mass is 348 g/mol. The van der Waals surface area contributed by atoms with Crippen molar-refractivity contribution in [2.75, 3.05) is 67.0 Å². The molecule has 0 heterocycles. The summed E-state index contributed by atoms with van der Waals surface area (Å²) in [6, 6.07) is -0.457. The quantitative estimate of drug-likeness (QED) is 0.261. The van der Waals surface area contributed by atoms with Crippen LogP contribution in [0, 0.1) is 0 Å². The van der Waals surface area contributed by atoms with Gasteiger partial charge in [-0.15, -0.1) is 0 Å². The van der Waals surface area contributed by atoms with Gasteiger partial charge in [0, 0.05) is 20.8 Å². The number of hydrogen-bond acceptors (Lipinski definition) is 7. The number of methoxy groups -OCH3 is 2. The number of rotatable bonds is 18. The molecule has 0 aliphatic rings. The minimum absolute atomic E-state index is 0.0572. The Labute approximate surface area is 144 Å². The van der Waals surface area contributed by atoms with Crippen molar-refractivity contribution in [2.24, 2.45) is 0 Å². The topological polar surface area (TPSA) is 95.1 Å². The van der Waals surface area contributed by atoms with Crippen molar-refractivity contribution in [1.29, 1.82) is 0 Å². The molecular formula is C16H32N2O6. The van der Waals surface area contributed by atoms with E-state index < -0.39 is 6.04 Å². The lowest BCUT2D eigenvalue weighted by Gasteiger charge is -2.13. The zero-order valence-corrected chi connectivity index (χ0v) is 14.9.